The van der Waals surface area contributed by atoms with Crippen molar-refractivity contribution in [2.45, 2.75) is 0 Å². The summed E-state index contributed by atoms with van der Waals surface area (Å²) in [5.41, 5.74) is 0. The lowest BCUT2D eigenvalue weighted by atomic mass is 10.5. The van der Waals surface area contributed by atoms with E-state index in [2.05, 4.69) is 11.6 Å². The van der Waals surface area contributed by atoms with E-state index in [-0.39, 0.29) is 0 Å². The molecule has 0 aromatic carbocycles. The minimum absolute atomic E-state index is 0.918. The molecule has 0 saturated heterocycles. The highest BCUT2D eigenvalue weighted by Crippen LogP contribution is 1.92. The van der Waals surface area contributed by atoms with E-state index in [1.54, 1.807) is 6.08 Å². The summed E-state index contributed by atoms with van der Waals surface area (Å²) >= 11 is 0. The molecule has 0 atom stereocenters. The minimum atomic E-state index is 0.918. The van der Waals surface area contributed by atoms with Crippen LogP contribution in [-0.4, -0.2) is 24.3 Å². The predicted octanol–water partition coefficient (Wildman–Crippen LogP) is 1.03. The summed E-state index contributed by atoms with van der Waals surface area (Å²) in [7, 11) is 0. The van der Waals surface area contributed by atoms with E-state index in [1.807, 2.05) is 23.5 Å². The molecular weight excluding hydrogens is 112 g/mol. The van der Waals surface area contributed by atoms with Gasteiger partial charge in [0.05, 0.1) is 12.9 Å². The van der Waals surface area contributed by atoms with E-state index in [0.717, 1.165) is 13.1 Å². The lowest BCUT2D eigenvalue weighted by Gasteiger charge is -2.03. The molecule has 2 nitrogen and oxygen atoms in total. The Balaban J connectivity index is 2.35. The van der Waals surface area contributed by atoms with Crippen LogP contribution < -0.4 is 0 Å². The molecule has 0 amide bonds. The summed E-state index contributed by atoms with van der Waals surface area (Å²) in [5.74, 6) is 0. The number of aliphatic imine (C=N–C) groups is 1. The van der Waals surface area contributed by atoms with Gasteiger partial charge in [-0.15, -0.1) is 0 Å². The molecule has 1 aliphatic rings. The highest BCUT2D eigenvalue weighted by atomic mass is 15.2. The van der Waals surface area contributed by atoms with Gasteiger partial charge in [-0.2, -0.15) is 0 Å². The average Bonchev–Trinajstić information content (AvgIpc) is 2.34. The van der Waals surface area contributed by atoms with Crippen molar-refractivity contribution < 1.29 is 0 Å². The molecule has 0 N–H and O–H groups in total. The minimum Gasteiger partial charge on any atom is -0.338 e. The Hall–Kier alpha value is -1.05. The molecular formula is C7H10N2. The van der Waals surface area contributed by atoms with E-state index in [0.29, 0.717) is 0 Å². The van der Waals surface area contributed by atoms with Crippen molar-refractivity contribution >= 4 is 6.34 Å². The van der Waals surface area contributed by atoms with Crippen LogP contribution in [0.1, 0.15) is 0 Å². The standard InChI is InChI=1S/C7H10N2/c1-2-3-5-9-6-4-8-7-9/h2-3,5,7H,1,4,6H2. The van der Waals surface area contributed by atoms with E-state index in [1.165, 1.54) is 0 Å². The zero-order valence-corrected chi connectivity index (χ0v) is 5.33. The number of hydrogen-bond donors (Lipinski definition) is 0. The molecule has 1 heterocycles. The molecule has 1 aliphatic heterocycles. The topological polar surface area (TPSA) is 15.6 Å². The fraction of sp³-hybridized carbons (Fsp3) is 0.286. The van der Waals surface area contributed by atoms with Gasteiger partial charge < -0.3 is 4.90 Å². The molecule has 0 aliphatic carbocycles. The summed E-state index contributed by atoms with van der Waals surface area (Å²) in [6.45, 7) is 5.49. The Morgan fingerprint density at radius 3 is 3.11 bits per heavy atom. The largest absolute Gasteiger partial charge is 0.338 e. The SMILES string of the molecule is C=CC=CN1C=NCC1. The van der Waals surface area contributed by atoms with E-state index in [4.69, 9.17) is 0 Å². The molecule has 0 radical (unpaired) electrons. The fourth-order valence-electron chi connectivity index (χ4n) is 0.678. The second-order valence-electron chi connectivity index (χ2n) is 1.84. The molecule has 0 aromatic heterocycles. The summed E-state index contributed by atoms with van der Waals surface area (Å²) in [6.07, 6.45) is 7.45. The van der Waals surface area contributed by atoms with Crippen LogP contribution in [0.15, 0.2) is 29.9 Å². The lowest BCUT2D eigenvalue weighted by molar-refractivity contribution is 0.624. The first-order valence-corrected chi connectivity index (χ1v) is 2.98. The number of nitrogens with zero attached hydrogens (tertiary/aromatic N) is 2. The zero-order chi connectivity index (χ0) is 6.53. The molecule has 0 spiro atoms. The van der Waals surface area contributed by atoms with Crippen LogP contribution in [0.5, 0.6) is 0 Å². The fourth-order valence-corrected chi connectivity index (χ4v) is 0.678. The molecule has 0 fully saturated rings. The summed E-state index contributed by atoms with van der Waals surface area (Å²) in [4.78, 5) is 6.06. The molecule has 0 aromatic rings. The molecule has 9 heavy (non-hydrogen) atoms. The maximum atomic E-state index is 4.03. The molecule has 0 unspecified atom stereocenters. The van der Waals surface area contributed by atoms with Gasteiger partial charge in [0.2, 0.25) is 0 Å². The predicted molar refractivity (Wildman–Crippen MR) is 39.4 cm³/mol. The van der Waals surface area contributed by atoms with Gasteiger partial charge in [-0.25, -0.2) is 0 Å². The quantitative estimate of drug-likeness (QED) is 0.499. The monoisotopic (exact) mass is 122 g/mol. The van der Waals surface area contributed by atoms with Gasteiger partial charge in [-0.05, 0) is 6.08 Å². The smallest absolute Gasteiger partial charge is 0.0891 e. The third-order valence-electron chi connectivity index (χ3n) is 1.13. The van der Waals surface area contributed by atoms with Crippen LogP contribution in [0.25, 0.3) is 0 Å². The average molecular weight is 122 g/mol. The highest BCUT2D eigenvalue weighted by molar-refractivity contribution is 5.58. The van der Waals surface area contributed by atoms with Gasteiger partial charge in [0.1, 0.15) is 0 Å². The Bertz CT molecular complexity index is 147. The van der Waals surface area contributed by atoms with Crippen molar-refractivity contribution in [1.29, 1.82) is 0 Å². The van der Waals surface area contributed by atoms with Crippen molar-refractivity contribution in [3.05, 3.63) is 24.9 Å². The maximum Gasteiger partial charge on any atom is 0.0891 e. The lowest BCUT2D eigenvalue weighted by Crippen LogP contribution is -2.10. The second kappa shape index (κ2) is 3.07. The van der Waals surface area contributed by atoms with E-state index >= 15 is 0 Å². The molecule has 1 rings (SSSR count). The Labute approximate surface area is 55.2 Å². The van der Waals surface area contributed by atoms with Crippen molar-refractivity contribution in [2.75, 3.05) is 13.1 Å². The van der Waals surface area contributed by atoms with Gasteiger partial charge in [-0.1, -0.05) is 12.7 Å². The van der Waals surface area contributed by atoms with E-state index < -0.39 is 0 Å². The molecule has 2 heteroatoms. The highest BCUT2D eigenvalue weighted by Gasteiger charge is 1.97. The Morgan fingerprint density at radius 1 is 1.67 bits per heavy atom. The summed E-state index contributed by atoms with van der Waals surface area (Å²) in [5, 5.41) is 0. The number of rotatable bonds is 2. The van der Waals surface area contributed by atoms with Crippen molar-refractivity contribution in [1.82, 2.24) is 4.90 Å². The first-order chi connectivity index (χ1) is 4.43. The summed E-state index contributed by atoms with van der Waals surface area (Å²) < 4.78 is 0. The van der Waals surface area contributed by atoms with Crippen molar-refractivity contribution in [3.63, 3.8) is 0 Å². The second-order valence-corrected chi connectivity index (χ2v) is 1.84. The Kier molecular flexibility index (Phi) is 2.07. The van der Waals surface area contributed by atoms with Crippen LogP contribution in [-0.2, 0) is 0 Å². The van der Waals surface area contributed by atoms with Gasteiger partial charge in [0.25, 0.3) is 0 Å². The molecule has 0 saturated carbocycles. The molecule has 48 valence electrons. The van der Waals surface area contributed by atoms with Gasteiger partial charge in [0.15, 0.2) is 0 Å². The first kappa shape index (κ1) is 6.08. The van der Waals surface area contributed by atoms with Gasteiger partial charge in [-0.3, -0.25) is 4.99 Å². The van der Waals surface area contributed by atoms with E-state index in [9.17, 15) is 0 Å². The van der Waals surface area contributed by atoms with Crippen LogP contribution in [0.4, 0.5) is 0 Å². The number of hydrogen-bond acceptors (Lipinski definition) is 2. The van der Waals surface area contributed by atoms with Crippen LogP contribution in [0, 0.1) is 0 Å². The van der Waals surface area contributed by atoms with Crippen LogP contribution >= 0.6 is 0 Å². The van der Waals surface area contributed by atoms with Gasteiger partial charge in [0, 0.05) is 12.7 Å². The van der Waals surface area contributed by atoms with Crippen LogP contribution in [0.3, 0.4) is 0 Å². The van der Waals surface area contributed by atoms with Crippen LogP contribution in [0.2, 0.25) is 0 Å². The normalized spacial score (nSPS) is 17.6. The number of allylic oxidation sites excluding steroid dienone is 2. The van der Waals surface area contributed by atoms with Gasteiger partial charge >= 0.3 is 0 Å². The third-order valence-corrected chi connectivity index (χ3v) is 1.13. The third kappa shape index (κ3) is 1.72. The Morgan fingerprint density at radius 2 is 2.56 bits per heavy atom. The summed E-state index contributed by atoms with van der Waals surface area (Å²) in [6, 6.07) is 0. The zero-order valence-electron chi connectivity index (χ0n) is 5.33. The first-order valence-electron chi connectivity index (χ1n) is 2.98. The van der Waals surface area contributed by atoms with Crippen molar-refractivity contribution in [2.24, 2.45) is 4.99 Å². The molecule has 0 bridgehead atoms. The maximum absolute atomic E-state index is 4.03. The van der Waals surface area contributed by atoms with Crippen molar-refractivity contribution in [3.8, 4) is 0 Å².